The summed E-state index contributed by atoms with van der Waals surface area (Å²) >= 11 is 3.97. The highest BCUT2D eigenvalue weighted by Crippen LogP contribution is 2.09. The number of carbonyl (C=O) groups is 5. The first kappa shape index (κ1) is 28.7. The molecular formula is C19H35N5O6S. The second-order valence-corrected chi connectivity index (χ2v) is 8.48. The first-order valence-corrected chi connectivity index (χ1v) is 10.7. The van der Waals surface area contributed by atoms with Gasteiger partial charge in [0.1, 0.15) is 18.1 Å². The number of carboxylic acid groups (broad SMARTS) is 1. The molecule has 0 rings (SSSR count). The Morgan fingerprint density at radius 2 is 1.45 bits per heavy atom. The molecular weight excluding hydrogens is 426 g/mol. The smallest absolute Gasteiger partial charge is 0.326 e. The Balaban J connectivity index is 5.37. The van der Waals surface area contributed by atoms with Crippen LogP contribution in [0.3, 0.4) is 0 Å². The number of nitrogens with one attached hydrogen (secondary N) is 3. The molecule has 0 aliphatic heterocycles. The van der Waals surface area contributed by atoms with Crippen molar-refractivity contribution in [3.8, 4) is 0 Å². The van der Waals surface area contributed by atoms with Crippen LogP contribution in [-0.4, -0.2) is 64.6 Å². The molecule has 0 spiro atoms. The summed E-state index contributed by atoms with van der Waals surface area (Å²) in [5.74, 6) is -4.10. The van der Waals surface area contributed by atoms with E-state index in [9.17, 15) is 29.1 Å². The molecule has 12 heteroatoms. The monoisotopic (exact) mass is 461 g/mol. The maximum atomic E-state index is 12.8. The molecule has 8 N–H and O–H groups in total. The lowest BCUT2D eigenvalue weighted by Gasteiger charge is -2.27. The van der Waals surface area contributed by atoms with Crippen LogP contribution < -0.4 is 27.4 Å². The van der Waals surface area contributed by atoms with E-state index in [0.29, 0.717) is 6.42 Å². The molecule has 4 atom stereocenters. The third-order valence-corrected chi connectivity index (χ3v) is 4.81. The summed E-state index contributed by atoms with van der Waals surface area (Å²) in [6.45, 7) is 7.09. The highest BCUT2D eigenvalue weighted by molar-refractivity contribution is 7.80. The van der Waals surface area contributed by atoms with E-state index in [4.69, 9.17) is 11.5 Å². The van der Waals surface area contributed by atoms with Crippen molar-refractivity contribution >= 4 is 42.2 Å². The van der Waals surface area contributed by atoms with E-state index >= 15 is 0 Å². The zero-order chi connectivity index (χ0) is 24.3. The van der Waals surface area contributed by atoms with Gasteiger partial charge in [-0.15, -0.1) is 0 Å². The number of carbonyl (C=O) groups excluding carboxylic acids is 4. The molecule has 4 amide bonds. The summed E-state index contributed by atoms with van der Waals surface area (Å²) in [6, 6.07) is -4.22. The molecule has 31 heavy (non-hydrogen) atoms. The van der Waals surface area contributed by atoms with Gasteiger partial charge in [-0.05, 0) is 24.7 Å². The van der Waals surface area contributed by atoms with E-state index in [1.165, 1.54) is 0 Å². The standard InChI is InChI=1S/C19H35N5O6S/c1-9(2)7-13(23-16(26)11(20)8-31)17(27)24-15(10(3)4)18(28)22-12(19(29)30)5-6-14(21)25/h9-13,15,31H,5-8,20H2,1-4H3,(H2,21,25)(H,22,28)(H,23,26)(H,24,27)(H,29,30). The summed E-state index contributed by atoms with van der Waals surface area (Å²) in [6.07, 6.45) is -0.0910. The minimum Gasteiger partial charge on any atom is -0.480 e. The molecule has 11 nitrogen and oxygen atoms in total. The van der Waals surface area contributed by atoms with Crippen LogP contribution in [-0.2, 0) is 24.0 Å². The van der Waals surface area contributed by atoms with Gasteiger partial charge in [0.15, 0.2) is 0 Å². The zero-order valence-corrected chi connectivity index (χ0v) is 19.3. The fourth-order valence-corrected chi connectivity index (χ4v) is 2.82. The van der Waals surface area contributed by atoms with Crippen LogP contribution in [0.2, 0.25) is 0 Å². The Kier molecular flexibility index (Phi) is 12.8. The molecule has 0 heterocycles. The topological polar surface area (TPSA) is 194 Å². The van der Waals surface area contributed by atoms with E-state index in [1.807, 2.05) is 13.8 Å². The molecule has 4 unspecified atom stereocenters. The Morgan fingerprint density at radius 1 is 0.903 bits per heavy atom. The molecule has 0 aromatic carbocycles. The summed E-state index contributed by atoms with van der Waals surface area (Å²) in [5.41, 5.74) is 10.7. The van der Waals surface area contributed by atoms with Crippen molar-refractivity contribution < 1.29 is 29.1 Å². The van der Waals surface area contributed by atoms with Crippen LogP contribution in [0.5, 0.6) is 0 Å². The number of carboxylic acids is 1. The summed E-state index contributed by atoms with van der Waals surface area (Å²) in [7, 11) is 0. The molecule has 0 bridgehead atoms. The van der Waals surface area contributed by atoms with E-state index in [1.54, 1.807) is 13.8 Å². The van der Waals surface area contributed by atoms with Crippen LogP contribution in [0.1, 0.15) is 47.0 Å². The van der Waals surface area contributed by atoms with Gasteiger partial charge in [0.25, 0.3) is 0 Å². The maximum Gasteiger partial charge on any atom is 0.326 e. The highest BCUT2D eigenvalue weighted by Gasteiger charge is 2.32. The maximum absolute atomic E-state index is 12.8. The van der Waals surface area contributed by atoms with Crippen LogP contribution in [0.15, 0.2) is 0 Å². The Labute approximate surface area is 187 Å². The largest absolute Gasteiger partial charge is 0.480 e. The van der Waals surface area contributed by atoms with E-state index in [0.717, 1.165) is 0 Å². The zero-order valence-electron chi connectivity index (χ0n) is 18.4. The van der Waals surface area contributed by atoms with E-state index in [2.05, 4.69) is 28.6 Å². The molecule has 0 aliphatic rings. The number of rotatable bonds is 14. The van der Waals surface area contributed by atoms with Gasteiger partial charge in [-0.1, -0.05) is 27.7 Å². The van der Waals surface area contributed by atoms with Crippen LogP contribution in [0.25, 0.3) is 0 Å². The van der Waals surface area contributed by atoms with Gasteiger partial charge in [-0.25, -0.2) is 4.79 Å². The minimum atomic E-state index is -1.34. The lowest BCUT2D eigenvalue weighted by atomic mass is 9.99. The van der Waals surface area contributed by atoms with Gasteiger partial charge in [0.2, 0.25) is 23.6 Å². The lowest BCUT2D eigenvalue weighted by Crippen LogP contribution is -2.58. The van der Waals surface area contributed by atoms with E-state index in [-0.39, 0.29) is 30.4 Å². The van der Waals surface area contributed by atoms with Crippen molar-refractivity contribution in [2.24, 2.45) is 23.3 Å². The highest BCUT2D eigenvalue weighted by atomic mass is 32.1. The summed E-state index contributed by atoms with van der Waals surface area (Å²) < 4.78 is 0. The van der Waals surface area contributed by atoms with Crippen molar-refractivity contribution in [3.63, 3.8) is 0 Å². The second kappa shape index (κ2) is 13.9. The molecule has 178 valence electrons. The van der Waals surface area contributed by atoms with Crippen LogP contribution in [0.4, 0.5) is 0 Å². The molecule has 0 radical (unpaired) electrons. The molecule has 0 saturated heterocycles. The quantitative estimate of drug-likeness (QED) is 0.157. The van der Waals surface area contributed by atoms with E-state index < -0.39 is 53.8 Å². The third kappa shape index (κ3) is 11.0. The Morgan fingerprint density at radius 3 is 1.87 bits per heavy atom. The number of primary amides is 1. The van der Waals surface area contributed by atoms with Crippen molar-refractivity contribution in [1.29, 1.82) is 0 Å². The molecule has 0 aliphatic carbocycles. The normalized spacial score (nSPS) is 15.0. The number of hydrogen-bond donors (Lipinski definition) is 7. The fourth-order valence-electron chi connectivity index (χ4n) is 2.66. The van der Waals surface area contributed by atoms with Gasteiger partial charge in [-0.2, -0.15) is 12.6 Å². The first-order valence-electron chi connectivity index (χ1n) is 10.1. The Hall–Kier alpha value is -2.34. The van der Waals surface area contributed by atoms with Gasteiger partial charge in [-0.3, -0.25) is 19.2 Å². The second-order valence-electron chi connectivity index (χ2n) is 8.11. The van der Waals surface area contributed by atoms with Gasteiger partial charge in [0.05, 0.1) is 6.04 Å². The van der Waals surface area contributed by atoms with Gasteiger partial charge >= 0.3 is 5.97 Å². The fraction of sp³-hybridized carbons (Fsp3) is 0.737. The van der Waals surface area contributed by atoms with Crippen molar-refractivity contribution in [2.75, 3.05) is 5.75 Å². The molecule has 0 saturated carbocycles. The minimum absolute atomic E-state index is 0.0554. The molecule has 0 aromatic heterocycles. The molecule has 0 fully saturated rings. The Bertz CT molecular complexity index is 658. The lowest BCUT2D eigenvalue weighted by molar-refractivity contribution is -0.143. The number of nitrogens with two attached hydrogens (primary N) is 2. The number of aliphatic carboxylic acids is 1. The summed E-state index contributed by atoms with van der Waals surface area (Å²) in [5, 5.41) is 16.8. The first-order chi connectivity index (χ1) is 14.3. The molecule has 0 aromatic rings. The summed E-state index contributed by atoms with van der Waals surface area (Å²) in [4.78, 5) is 60.0. The van der Waals surface area contributed by atoms with Crippen LogP contribution in [0, 0.1) is 11.8 Å². The van der Waals surface area contributed by atoms with Gasteiger partial charge in [0, 0.05) is 12.2 Å². The predicted molar refractivity (Wildman–Crippen MR) is 118 cm³/mol. The van der Waals surface area contributed by atoms with Gasteiger partial charge < -0.3 is 32.5 Å². The predicted octanol–water partition coefficient (Wildman–Crippen LogP) is -1.25. The van der Waals surface area contributed by atoms with Crippen LogP contribution >= 0.6 is 12.6 Å². The van der Waals surface area contributed by atoms with Crippen molar-refractivity contribution in [1.82, 2.24) is 16.0 Å². The number of amides is 4. The third-order valence-electron chi connectivity index (χ3n) is 4.41. The van der Waals surface area contributed by atoms with Crippen molar-refractivity contribution in [3.05, 3.63) is 0 Å². The van der Waals surface area contributed by atoms with Crippen molar-refractivity contribution in [2.45, 2.75) is 71.1 Å². The number of thiol groups is 1. The number of hydrogen-bond acceptors (Lipinski definition) is 7. The average Bonchev–Trinajstić information content (AvgIpc) is 2.66. The average molecular weight is 462 g/mol. The SMILES string of the molecule is CC(C)CC(NC(=O)C(N)CS)C(=O)NC(C(=O)NC(CCC(N)=O)C(=O)O)C(C)C.